The van der Waals surface area contributed by atoms with Crippen LogP contribution in [0.2, 0.25) is 0 Å². The third kappa shape index (κ3) is 5.17. The molecule has 0 aliphatic carbocycles. The summed E-state index contributed by atoms with van der Waals surface area (Å²) in [6, 6.07) is 19.6. The molecule has 2 aromatic rings. The minimum Gasteiger partial charge on any atom is -0.379 e. The molecule has 2 aliphatic rings. The van der Waals surface area contributed by atoms with E-state index in [0.717, 1.165) is 58.4 Å². The van der Waals surface area contributed by atoms with Gasteiger partial charge in [-0.15, -0.1) is 0 Å². The fraction of sp³-hybridized carbons (Fsp3) is 0.458. The van der Waals surface area contributed by atoms with Crippen molar-refractivity contribution in [2.24, 2.45) is 4.99 Å². The molecule has 0 bridgehead atoms. The zero-order valence-electron chi connectivity index (χ0n) is 17.4. The van der Waals surface area contributed by atoms with Gasteiger partial charge in [0.2, 0.25) is 0 Å². The van der Waals surface area contributed by atoms with E-state index < -0.39 is 0 Å². The second kappa shape index (κ2) is 9.90. The van der Waals surface area contributed by atoms with E-state index in [1.807, 2.05) is 7.05 Å². The van der Waals surface area contributed by atoms with E-state index >= 15 is 0 Å². The number of likely N-dealkylation sites (tertiary alicyclic amines) is 1. The first kappa shape index (κ1) is 19.9. The quantitative estimate of drug-likeness (QED) is 0.627. The predicted molar refractivity (Wildman–Crippen MR) is 118 cm³/mol. The van der Waals surface area contributed by atoms with E-state index in [9.17, 15) is 0 Å². The van der Waals surface area contributed by atoms with Gasteiger partial charge in [-0.2, -0.15) is 0 Å². The Morgan fingerprint density at radius 3 is 2.48 bits per heavy atom. The van der Waals surface area contributed by atoms with Crippen LogP contribution in [0.15, 0.2) is 59.6 Å². The number of guanidine groups is 1. The summed E-state index contributed by atoms with van der Waals surface area (Å²) in [5.74, 6) is 1.59. The molecular weight excluding hydrogens is 360 g/mol. The number of nitrogens with one attached hydrogen (secondary N) is 1. The average Bonchev–Trinajstić information content (AvgIpc) is 3.27. The molecule has 154 valence electrons. The molecule has 29 heavy (non-hydrogen) atoms. The van der Waals surface area contributed by atoms with Crippen LogP contribution in [0.25, 0.3) is 0 Å². The number of ether oxygens (including phenoxy) is 1. The van der Waals surface area contributed by atoms with E-state index in [4.69, 9.17) is 4.74 Å². The van der Waals surface area contributed by atoms with Gasteiger partial charge in [0.1, 0.15) is 0 Å². The number of benzene rings is 2. The van der Waals surface area contributed by atoms with Gasteiger partial charge in [-0.1, -0.05) is 54.6 Å². The maximum absolute atomic E-state index is 5.48. The van der Waals surface area contributed by atoms with Crippen molar-refractivity contribution in [3.05, 3.63) is 71.3 Å². The van der Waals surface area contributed by atoms with Gasteiger partial charge >= 0.3 is 0 Å². The van der Waals surface area contributed by atoms with Crippen molar-refractivity contribution in [1.82, 2.24) is 15.1 Å². The molecule has 1 unspecified atom stereocenters. The molecule has 2 heterocycles. The summed E-state index contributed by atoms with van der Waals surface area (Å²) in [5, 5.41) is 3.61. The topological polar surface area (TPSA) is 40.1 Å². The Morgan fingerprint density at radius 2 is 1.72 bits per heavy atom. The number of hydrogen-bond acceptors (Lipinski definition) is 3. The van der Waals surface area contributed by atoms with Gasteiger partial charge in [-0.25, -0.2) is 0 Å². The summed E-state index contributed by atoms with van der Waals surface area (Å²) >= 11 is 0. The van der Waals surface area contributed by atoms with Crippen LogP contribution < -0.4 is 5.32 Å². The Bertz CT molecular complexity index is 802. The molecule has 2 aliphatic heterocycles. The number of nitrogens with zero attached hydrogens (tertiary/aromatic N) is 3. The molecule has 0 amide bonds. The monoisotopic (exact) mass is 392 g/mol. The molecule has 0 spiro atoms. The third-order valence-corrected chi connectivity index (χ3v) is 6.02. The van der Waals surface area contributed by atoms with Crippen LogP contribution in [0.4, 0.5) is 0 Å². The third-order valence-electron chi connectivity index (χ3n) is 6.02. The maximum Gasteiger partial charge on any atom is 0.193 e. The van der Waals surface area contributed by atoms with E-state index in [1.165, 1.54) is 23.1 Å². The van der Waals surface area contributed by atoms with Crippen LogP contribution in [0.1, 0.15) is 29.0 Å². The minimum absolute atomic E-state index is 0.586. The number of hydrogen-bond donors (Lipinski definition) is 1. The van der Waals surface area contributed by atoms with Gasteiger partial charge in [0.05, 0.1) is 13.2 Å². The van der Waals surface area contributed by atoms with Crippen LogP contribution in [0, 0.1) is 0 Å². The van der Waals surface area contributed by atoms with Crippen molar-refractivity contribution in [2.45, 2.75) is 25.4 Å². The summed E-state index contributed by atoms with van der Waals surface area (Å²) in [4.78, 5) is 9.43. The highest BCUT2D eigenvalue weighted by Gasteiger charge is 2.26. The fourth-order valence-corrected chi connectivity index (χ4v) is 4.34. The molecule has 2 aromatic carbocycles. The van der Waals surface area contributed by atoms with E-state index in [2.05, 4.69) is 74.7 Å². The lowest BCUT2D eigenvalue weighted by molar-refractivity contribution is 0.0341. The van der Waals surface area contributed by atoms with Crippen LogP contribution >= 0.6 is 0 Å². The standard InChI is InChI=1S/C24H32N4O/c1-25-24(28-12-11-23(19-28)20-7-3-2-4-8-20)26-17-21-9-5-6-10-22(21)18-27-13-15-29-16-14-27/h2-10,23H,11-19H2,1H3,(H,25,26). The largest absolute Gasteiger partial charge is 0.379 e. The zero-order valence-corrected chi connectivity index (χ0v) is 17.4. The normalized spacial score (nSPS) is 20.8. The maximum atomic E-state index is 5.48. The number of morpholine rings is 1. The molecule has 0 aromatic heterocycles. The molecule has 5 nitrogen and oxygen atoms in total. The van der Waals surface area contributed by atoms with Gasteiger partial charge in [-0.3, -0.25) is 9.89 Å². The Labute approximate surface area is 174 Å². The van der Waals surface area contributed by atoms with Gasteiger partial charge in [-0.05, 0) is 23.1 Å². The first-order valence-electron chi connectivity index (χ1n) is 10.7. The summed E-state index contributed by atoms with van der Waals surface area (Å²) in [7, 11) is 1.89. The smallest absolute Gasteiger partial charge is 0.193 e. The van der Waals surface area contributed by atoms with E-state index in [-0.39, 0.29) is 0 Å². The van der Waals surface area contributed by atoms with E-state index in [1.54, 1.807) is 0 Å². The number of rotatable bonds is 5. The summed E-state index contributed by atoms with van der Waals surface area (Å²) in [6.45, 7) is 7.57. The van der Waals surface area contributed by atoms with Crippen LogP contribution in [-0.2, 0) is 17.8 Å². The lowest BCUT2D eigenvalue weighted by Crippen LogP contribution is -2.40. The van der Waals surface area contributed by atoms with Gasteiger partial charge in [0.15, 0.2) is 5.96 Å². The van der Waals surface area contributed by atoms with Crippen molar-refractivity contribution in [1.29, 1.82) is 0 Å². The Kier molecular flexibility index (Phi) is 6.80. The molecule has 1 atom stereocenters. The Hall–Kier alpha value is -2.37. The van der Waals surface area contributed by atoms with Crippen molar-refractivity contribution in [3.63, 3.8) is 0 Å². The fourth-order valence-electron chi connectivity index (χ4n) is 4.34. The molecule has 2 saturated heterocycles. The molecule has 5 heteroatoms. The van der Waals surface area contributed by atoms with Gasteiger partial charge in [0.25, 0.3) is 0 Å². The van der Waals surface area contributed by atoms with Crippen molar-refractivity contribution in [2.75, 3.05) is 46.4 Å². The second-order valence-electron chi connectivity index (χ2n) is 7.90. The molecule has 1 N–H and O–H groups in total. The molecule has 2 fully saturated rings. The first-order chi connectivity index (χ1) is 14.3. The van der Waals surface area contributed by atoms with Crippen molar-refractivity contribution in [3.8, 4) is 0 Å². The highest BCUT2D eigenvalue weighted by Crippen LogP contribution is 2.27. The Balaban J connectivity index is 1.35. The second-order valence-corrected chi connectivity index (χ2v) is 7.90. The SMILES string of the molecule is CN=C(NCc1ccccc1CN1CCOCC1)N1CCC(c2ccccc2)C1. The molecule has 4 rings (SSSR count). The molecular formula is C24H32N4O. The van der Waals surface area contributed by atoms with Crippen LogP contribution in [0.3, 0.4) is 0 Å². The summed E-state index contributed by atoms with van der Waals surface area (Å²) in [6.07, 6.45) is 1.18. The van der Waals surface area contributed by atoms with Gasteiger partial charge in [0, 0.05) is 52.2 Å². The van der Waals surface area contributed by atoms with Crippen molar-refractivity contribution >= 4 is 5.96 Å². The van der Waals surface area contributed by atoms with Crippen LogP contribution in [0.5, 0.6) is 0 Å². The molecule has 0 radical (unpaired) electrons. The summed E-state index contributed by atoms with van der Waals surface area (Å²) in [5.41, 5.74) is 4.17. The van der Waals surface area contributed by atoms with Crippen LogP contribution in [-0.4, -0.2) is 62.2 Å². The summed E-state index contributed by atoms with van der Waals surface area (Å²) < 4.78 is 5.48. The lowest BCUT2D eigenvalue weighted by Gasteiger charge is -2.28. The van der Waals surface area contributed by atoms with Crippen molar-refractivity contribution < 1.29 is 4.74 Å². The average molecular weight is 393 g/mol. The van der Waals surface area contributed by atoms with E-state index in [0.29, 0.717) is 5.92 Å². The Morgan fingerprint density at radius 1 is 1.00 bits per heavy atom. The highest BCUT2D eigenvalue weighted by molar-refractivity contribution is 5.80. The lowest BCUT2D eigenvalue weighted by atomic mass is 9.99. The first-order valence-corrected chi connectivity index (χ1v) is 10.7. The molecule has 0 saturated carbocycles. The predicted octanol–water partition coefficient (Wildman–Crippen LogP) is 3.08. The minimum atomic E-state index is 0.586. The highest BCUT2D eigenvalue weighted by atomic mass is 16.5. The number of aliphatic imine (C=N–C) groups is 1. The zero-order chi connectivity index (χ0) is 19.9. The van der Waals surface area contributed by atoms with Gasteiger partial charge < -0.3 is 15.0 Å².